The van der Waals surface area contributed by atoms with Gasteiger partial charge in [-0.3, -0.25) is 24.5 Å². The van der Waals surface area contributed by atoms with Gasteiger partial charge in [-0.05, 0) is 95.2 Å². The van der Waals surface area contributed by atoms with Gasteiger partial charge in [0, 0.05) is 53.8 Å². The zero-order valence-electron chi connectivity index (χ0n) is 21.5. The predicted molar refractivity (Wildman–Crippen MR) is 151 cm³/mol. The second kappa shape index (κ2) is 11.5. The molecule has 3 heterocycles. The normalized spacial score (nSPS) is 19.4. The molecule has 198 valence electrons. The maximum Gasteiger partial charge on any atom is 0.244 e. The van der Waals surface area contributed by atoms with Crippen molar-refractivity contribution in [2.45, 2.75) is 51.2 Å². The number of halogens is 2. The molecule has 7 nitrogen and oxygen atoms in total. The molecule has 2 unspecified atom stereocenters. The molecule has 0 radical (unpaired) electrons. The van der Waals surface area contributed by atoms with E-state index in [1.165, 1.54) is 11.1 Å². The molecule has 9 heteroatoms. The Labute approximate surface area is 236 Å². The summed E-state index contributed by atoms with van der Waals surface area (Å²) in [6.07, 6.45) is 7.15. The number of nitrogens with zero attached hydrogens (tertiary/aromatic N) is 4. The summed E-state index contributed by atoms with van der Waals surface area (Å²) >= 11 is 9.98. The topological polar surface area (TPSA) is 78.4 Å². The fourth-order valence-corrected chi connectivity index (χ4v) is 6.07. The highest BCUT2D eigenvalue weighted by atomic mass is 79.9. The molecular weight excluding hydrogens is 566 g/mol. The molecule has 0 saturated carbocycles. The molecule has 0 spiro atoms. The fraction of sp³-hybridized carbons (Fsp3) is 0.379. The summed E-state index contributed by atoms with van der Waals surface area (Å²) in [4.78, 5) is 39.9. The van der Waals surface area contributed by atoms with Crippen molar-refractivity contribution in [1.82, 2.24) is 25.1 Å². The van der Waals surface area contributed by atoms with Gasteiger partial charge in [0.15, 0.2) is 0 Å². The van der Waals surface area contributed by atoms with E-state index in [-0.39, 0.29) is 30.3 Å². The van der Waals surface area contributed by atoms with Gasteiger partial charge in [0.05, 0.1) is 18.2 Å². The molecule has 1 aliphatic heterocycles. The summed E-state index contributed by atoms with van der Waals surface area (Å²) in [6.45, 7) is 5.35. The zero-order chi connectivity index (χ0) is 26.8. The van der Waals surface area contributed by atoms with Gasteiger partial charge in [-0.2, -0.15) is 0 Å². The van der Waals surface area contributed by atoms with Crippen LogP contribution in [0.25, 0.3) is 0 Å². The van der Waals surface area contributed by atoms with Crippen LogP contribution in [0.1, 0.15) is 47.8 Å². The molecule has 2 aliphatic rings. The van der Waals surface area contributed by atoms with Crippen LogP contribution in [0.2, 0.25) is 5.02 Å². The van der Waals surface area contributed by atoms with Crippen LogP contribution in [-0.2, 0) is 28.9 Å². The molecule has 1 fully saturated rings. The van der Waals surface area contributed by atoms with Crippen molar-refractivity contribution >= 4 is 39.3 Å². The molecule has 0 bridgehead atoms. The molecule has 2 amide bonds. The highest BCUT2D eigenvalue weighted by Crippen LogP contribution is 2.38. The number of carbonyl (C=O) groups excluding carboxylic acids is 2. The Morgan fingerprint density at radius 2 is 1.87 bits per heavy atom. The monoisotopic (exact) mass is 595 g/mol. The third-order valence-electron chi connectivity index (χ3n) is 7.23. The Morgan fingerprint density at radius 1 is 1.11 bits per heavy atom. The SMILES string of the molecule is CC(C)NC(=O)C1CN(C2c3ccc(Cl)cc3CCc3cc(Br)cnc32)CCN1C(=O)Cc1ccncc1. The number of piperazine rings is 1. The Hall–Kier alpha value is -2.81. The Kier molecular flexibility index (Phi) is 8.12. The number of fused-ring (bicyclic) bond motifs is 2. The van der Waals surface area contributed by atoms with E-state index < -0.39 is 6.04 Å². The Morgan fingerprint density at radius 3 is 2.63 bits per heavy atom. The highest BCUT2D eigenvalue weighted by Gasteiger charge is 2.40. The van der Waals surface area contributed by atoms with Crippen molar-refractivity contribution in [3.63, 3.8) is 0 Å². The first-order chi connectivity index (χ1) is 18.3. The number of nitrogens with one attached hydrogen (secondary N) is 1. The number of pyridine rings is 2. The number of hydrogen-bond acceptors (Lipinski definition) is 5. The number of aryl methyl sites for hydroxylation is 2. The molecular formula is C29H31BrClN5O2. The number of rotatable bonds is 5. The lowest BCUT2D eigenvalue weighted by atomic mass is 9.95. The average Bonchev–Trinajstić information content (AvgIpc) is 3.04. The molecule has 1 aromatic carbocycles. The molecule has 3 aromatic rings. The van der Waals surface area contributed by atoms with E-state index >= 15 is 0 Å². The van der Waals surface area contributed by atoms with Crippen molar-refractivity contribution in [2.24, 2.45) is 0 Å². The van der Waals surface area contributed by atoms with Crippen LogP contribution < -0.4 is 5.32 Å². The first-order valence-electron chi connectivity index (χ1n) is 13.0. The highest BCUT2D eigenvalue weighted by molar-refractivity contribution is 9.10. The molecule has 1 aliphatic carbocycles. The molecule has 1 N–H and O–H groups in total. The smallest absolute Gasteiger partial charge is 0.244 e. The van der Waals surface area contributed by atoms with Crippen molar-refractivity contribution < 1.29 is 9.59 Å². The molecule has 2 atom stereocenters. The van der Waals surface area contributed by atoms with Crippen molar-refractivity contribution in [3.8, 4) is 0 Å². The van der Waals surface area contributed by atoms with Gasteiger partial charge in [0.1, 0.15) is 6.04 Å². The first-order valence-corrected chi connectivity index (χ1v) is 14.1. The van der Waals surface area contributed by atoms with Crippen molar-refractivity contribution in [3.05, 3.63) is 92.4 Å². The Balaban J connectivity index is 1.50. The van der Waals surface area contributed by atoms with Crippen LogP contribution in [0, 0.1) is 0 Å². The van der Waals surface area contributed by atoms with Gasteiger partial charge in [0.2, 0.25) is 11.8 Å². The molecule has 2 aromatic heterocycles. The van der Waals surface area contributed by atoms with Gasteiger partial charge < -0.3 is 10.2 Å². The van der Waals surface area contributed by atoms with Crippen LogP contribution in [0.5, 0.6) is 0 Å². The standard InChI is InChI=1S/C29H31BrClN5O2/c1-18(2)34-29(38)25-17-35(11-12-36(25)26(37)13-19-7-9-32-10-8-19)28-24-6-5-23(31)15-20(24)3-4-21-14-22(30)16-33-27(21)28/h5-10,14-16,18,25,28H,3-4,11-13,17H2,1-2H3,(H,34,38). The van der Waals surface area contributed by atoms with E-state index in [2.05, 4.69) is 43.3 Å². The summed E-state index contributed by atoms with van der Waals surface area (Å²) in [6, 6.07) is 11.1. The van der Waals surface area contributed by atoms with Crippen LogP contribution in [-0.4, -0.2) is 63.3 Å². The zero-order valence-corrected chi connectivity index (χ0v) is 23.9. The van der Waals surface area contributed by atoms with Crippen molar-refractivity contribution in [1.29, 1.82) is 0 Å². The average molecular weight is 597 g/mol. The van der Waals surface area contributed by atoms with Crippen LogP contribution in [0.15, 0.2) is 59.5 Å². The summed E-state index contributed by atoms with van der Waals surface area (Å²) < 4.78 is 0.944. The molecule has 38 heavy (non-hydrogen) atoms. The van der Waals surface area contributed by atoms with Crippen molar-refractivity contribution in [2.75, 3.05) is 19.6 Å². The fourth-order valence-electron chi connectivity index (χ4n) is 5.50. The third-order valence-corrected chi connectivity index (χ3v) is 7.89. The third kappa shape index (κ3) is 5.77. The minimum Gasteiger partial charge on any atom is -0.352 e. The second-order valence-electron chi connectivity index (χ2n) is 10.2. The lowest BCUT2D eigenvalue weighted by molar-refractivity contribution is -0.144. The van der Waals surface area contributed by atoms with Gasteiger partial charge in [-0.15, -0.1) is 0 Å². The second-order valence-corrected chi connectivity index (χ2v) is 11.6. The van der Waals surface area contributed by atoms with Crippen LogP contribution >= 0.6 is 27.5 Å². The lowest BCUT2D eigenvalue weighted by Crippen LogP contribution is -2.62. The number of benzene rings is 1. The number of aromatic nitrogens is 2. The summed E-state index contributed by atoms with van der Waals surface area (Å²) in [5.74, 6) is -0.197. The molecule has 1 saturated heterocycles. The Bertz CT molecular complexity index is 1280. The van der Waals surface area contributed by atoms with E-state index in [1.807, 2.05) is 44.3 Å². The van der Waals surface area contributed by atoms with E-state index in [4.69, 9.17) is 16.6 Å². The van der Waals surface area contributed by atoms with Crippen LogP contribution in [0.4, 0.5) is 0 Å². The van der Waals surface area contributed by atoms with E-state index in [9.17, 15) is 9.59 Å². The minimum atomic E-state index is -0.613. The van der Waals surface area contributed by atoms with E-state index in [0.717, 1.165) is 34.1 Å². The van der Waals surface area contributed by atoms with Gasteiger partial charge >= 0.3 is 0 Å². The first kappa shape index (κ1) is 26.8. The number of carbonyl (C=O) groups is 2. The van der Waals surface area contributed by atoms with Gasteiger partial charge in [0.25, 0.3) is 0 Å². The summed E-state index contributed by atoms with van der Waals surface area (Å²) in [5, 5.41) is 3.75. The lowest BCUT2D eigenvalue weighted by Gasteiger charge is -2.44. The summed E-state index contributed by atoms with van der Waals surface area (Å²) in [7, 11) is 0. The van der Waals surface area contributed by atoms with Gasteiger partial charge in [-0.25, -0.2) is 0 Å². The van der Waals surface area contributed by atoms with Crippen LogP contribution in [0.3, 0.4) is 0 Å². The van der Waals surface area contributed by atoms with E-state index in [0.29, 0.717) is 24.7 Å². The maximum absolute atomic E-state index is 13.5. The quantitative estimate of drug-likeness (QED) is 0.474. The predicted octanol–water partition coefficient (Wildman–Crippen LogP) is 4.36. The largest absolute Gasteiger partial charge is 0.352 e. The molecule has 5 rings (SSSR count). The van der Waals surface area contributed by atoms with E-state index in [1.54, 1.807) is 17.3 Å². The number of hydrogen-bond donors (Lipinski definition) is 1. The maximum atomic E-state index is 13.5. The van der Waals surface area contributed by atoms with Gasteiger partial charge in [-0.1, -0.05) is 17.7 Å². The number of amides is 2. The minimum absolute atomic E-state index is 0.0319. The summed E-state index contributed by atoms with van der Waals surface area (Å²) in [5.41, 5.74) is 5.40.